The average Bonchev–Trinajstić information content (AvgIpc) is 3.23. The Morgan fingerprint density at radius 2 is 1.84 bits per heavy atom. The van der Waals surface area contributed by atoms with Crippen LogP contribution in [0, 0.1) is 0 Å². The van der Waals surface area contributed by atoms with Gasteiger partial charge in [0.25, 0.3) is 0 Å². The van der Waals surface area contributed by atoms with E-state index in [0.717, 1.165) is 24.1 Å². The zero-order chi connectivity index (χ0) is 12.5. The minimum atomic E-state index is -0.982. The molecule has 4 nitrogen and oxygen atoms in total. The summed E-state index contributed by atoms with van der Waals surface area (Å²) < 4.78 is 0. The summed E-state index contributed by atoms with van der Waals surface area (Å²) >= 11 is 0. The van der Waals surface area contributed by atoms with Crippen LogP contribution in [-0.2, 0) is 0 Å². The summed E-state index contributed by atoms with van der Waals surface area (Å²) in [6, 6.07) is 7.36. The third-order valence-electron chi connectivity index (χ3n) is 3.11. The lowest BCUT2D eigenvalue weighted by molar-refractivity contribution is 0.0691. The number of nitrogens with zero attached hydrogens (tertiary/aromatic N) is 2. The average molecular weight is 277 g/mol. The molecule has 3 rings (SSSR count). The van der Waals surface area contributed by atoms with Gasteiger partial charge in [0.2, 0.25) is 0 Å². The van der Waals surface area contributed by atoms with Gasteiger partial charge in [0.05, 0.1) is 0 Å². The van der Waals surface area contributed by atoms with Gasteiger partial charge < -0.3 is 5.11 Å². The smallest absolute Gasteiger partial charge is 0.355 e. The first-order valence-corrected chi connectivity index (χ1v) is 5.90. The van der Waals surface area contributed by atoms with Gasteiger partial charge in [0.15, 0.2) is 5.69 Å². The highest BCUT2D eigenvalue weighted by Crippen LogP contribution is 2.39. The SMILES string of the molecule is Cl.O=C(O)c1nc(C2CC2)ccc1-c1ccncc1. The number of aromatic nitrogens is 2. The molecule has 2 heterocycles. The number of hydrogen-bond acceptors (Lipinski definition) is 3. The van der Waals surface area contributed by atoms with Gasteiger partial charge in [-0.05, 0) is 36.6 Å². The van der Waals surface area contributed by atoms with E-state index in [-0.39, 0.29) is 18.1 Å². The normalized spacial score (nSPS) is 13.7. The molecule has 1 aliphatic rings. The van der Waals surface area contributed by atoms with E-state index in [2.05, 4.69) is 9.97 Å². The van der Waals surface area contributed by atoms with Crippen molar-refractivity contribution in [3.05, 3.63) is 48.0 Å². The van der Waals surface area contributed by atoms with Gasteiger partial charge >= 0.3 is 5.97 Å². The molecule has 0 bridgehead atoms. The largest absolute Gasteiger partial charge is 0.476 e. The lowest BCUT2D eigenvalue weighted by atomic mass is 10.0. The summed E-state index contributed by atoms with van der Waals surface area (Å²) in [5.41, 5.74) is 2.50. The first-order chi connectivity index (χ1) is 8.75. The summed E-state index contributed by atoms with van der Waals surface area (Å²) in [6.07, 6.45) is 5.52. The van der Waals surface area contributed by atoms with Crippen LogP contribution in [0.3, 0.4) is 0 Å². The number of rotatable bonds is 3. The Kier molecular flexibility index (Phi) is 3.81. The van der Waals surface area contributed by atoms with Crippen LogP contribution in [-0.4, -0.2) is 21.0 Å². The van der Waals surface area contributed by atoms with Crippen LogP contribution >= 0.6 is 12.4 Å². The third kappa shape index (κ3) is 2.74. The molecule has 1 fully saturated rings. The molecule has 0 saturated heterocycles. The van der Waals surface area contributed by atoms with Crippen LogP contribution < -0.4 is 0 Å². The van der Waals surface area contributed by atoms with E-state index in [9.17, 15) is 9.90 Å². The maximum Gasteiger partial charge on any atom is 0.355 e. The van der Waals surface area contributed by atoms with E-state index in [1.807, 2.05) is 12.1 Å². The Morgan fingerprint density at radius 3 is 2.42 bits per heavy atom. The van der Waals surface area contributed by atoms with Gasteiger partial charge in [0, 0.05) is 29.6 Å². The van der Waals surface area contributed by atoms with Crippen molar-refractivity contribution in [2.45, 2.75) is 18.8 Å². The van der Waals surface area contributed by atoms with E-state index in [0.29, 0.717) is 11.5 Å². The molecule has 2 aromatic rings. The van der Waals surface area contributed by atoms with Gasteiger partial charge in [-0.15, -0.1) is 12.4 Å². The number of hydrogen-bond donors (Lipinski definition) is 1. The van der Waals surface area contributed by atoms with Crippen molar-refractivity contribution in [1.82, 2.24) is 9.97 Å². The minimum absolute atomic E-state index is 0. The van der Waals surface area contributed by atoms with Crippen molar-refractivity contribution in [3.63, 3.8) is 0 Å². The van der Waals surface area contributed by atoms with Crippen molar-refractivity contribution in [2.75, 3.05) is 0 Å². The Morgan fingerprint density at radius 1 is 1.16 bits per heavy atom. The second-order valence-electron chi connectivity index (χ2n) is 4.45. The number of carboxylic acids is 1. The highest BCUT2D eigenvalue weighted by molar-refractivity contribution is 5.93. The molecule has 1 saturated carbocycles. The van der Waals surface area contributed by atoms with Crippen molar-refractivity contribution in [1.29, 1.82) is 0 Å². The first kappa shape index (κ1) is 13.5. The molecule has 0 amide bonds. The van der Waals surface area contributed by atoms with Gasteiger partial charge in [-0.2, -0.15) is 0 Å². The molecule has 0 atom stereocenters. The highest BCUT2D eigenvalue weighted by Gasteiger charge is 2.26. The van der Waals surface area contributed by atoms with Crippen LogP contribution in [0.2, 0.25) is 0 Å². The van der Waals surface area contributed by atoms with Crippen LogP contribution in [0.4, 0.5) is 0 Å². The van der Waals surface area contributed by atoms with Crippen LogP contribution in [0.25, 0.3) is 11.1 Å². The molecule has 0 aromatic carbocycles. The van der Waals surface area contributed by atoms with E-state index in [4.69, 9.17) is 0 Å². The predicted molar refractivity (Wildman–Crippen MR) is 73.7 cm³/mol. The monoisotopic (exact) mass is 276 g/mol. The molecule has 0 aliphatic heterocycles. The summed E-state index contributed by atoms with van der Waals surface area (Å²) in [4.78, 5) is 19.5. The summed E-state index contributed by atoms with van der Waals surface area (Å²) in [5, 5.41) is 9.28. The van der Waals surface area contributed by atoms with Gasteiger partial charge in [-0.1, -0.05) is 6.07 Å². The molecule has 0 radical (unpaired) electrons. The molecule has 5 heteroatoms. The van der Waals surface area contributed by atoms with Crippen LogP contribution in [0.1, 0.15) is 34.9 Å². The standard InChI is InChI=1S/C14H12N2O2.ClH/c17-14(18)13-11(9-5-7-15-8-6-9)3-4-12(16-13)10-1-2-10;/h3-8,10H,1-2H2,(H,17,18);1H. The second-order valence-corrected chi connectivity index (χ2v) is 4.45. The maximum atomic E-state index is 11.3. The van der Waals surface area contributed by atoms with Crippen molar-refractivity contribution < 1.29 is 9.90 Å². The Labute approximate surface area is 116 Å². The van der Waals surface area contributed by atoms with Gasteiger partial charge in [-0.3, -0.25) is 4.98 Å². The molecule has 0 spiro atoms. The minimum Gasteiger partial charge on any atom is -0.476 e. The highest BCUT2D eigenvalue weighted by atomic mass is 35.5. The summed E-state index contributed by atoms with van der Waals surface area (Å²) in [5.74, 6) is -0.529. The second kappa shape index (κ2) is 5.36. The topological polar surface area (TPSA) is 63.1 Å². The van der Waals surface area contributed by atoms with Crippen molar-refractivity contribution in [2.24, 2.45) is 0 Å². The molecule has 98 valence electrons. The van der Waals surface area contributed by atoms with E-state index in [1.165, 1.54) is 0 Å². The molecule has 1 N–H and O–H groups in total. The van der Waals surface area contributed by atoms with E-state index < -0.39 is 5.97 Å². The fourth-order valence-corrected chi connectivity index (χ4v) is 2.01. The third-order valence-corrected chi connectivity index (χ3v) is 3.11. The van der Waals surface area contributed by atoms with Crippen LogP contribution in [0.5, 0.6) is 0 Å². The molecular formula is C14H13ClN2O2. The number of halogens is 1. The lowest BCUT2D eigenvalue weighted by Crippen LogP contribution is -2.05. The van der Waals surface area contributed by atoms with Gasteiger partial charge in [0.1, 0.15) is 0 Å². The van der Waals surface area contributed by atoms with Crippen molar-refractivity contribution >= 4 is 18.4 Å². The predicted octanol–water partition coefficient (Wildman–Crippen LogP) is 3.14. The number of carboxylic acid groups (broad SMARTS) is 1. The molecule has 0 unspecified atom stereocenters. The molecule has 2 aromatic heterocycles. The number of carbonyl (C=O) groups is 1. The number of pyridine rings is 2. The quantitative estimate of drug-likeness (QED) is 0.935. The van der Waals surface area contributed by atoms with Gasteiger partial charge in [-0.25, -0.2) is 9.78 Å². The Hall–Kier alpha value is -1.94. The van der Waals surface area contributed by atoms with Crippen molar-refractivity contribution in [3.8, 4) is 11.1 Å². The summed E-state index contributed by atoms with van der Waals surface area (Å²) in [6.45, 7) is 0. The number of aromatic carboxylic acids is 1. The Bertz CT molecular complexity index is 598. The lowest BCUT2D eigenvalue weighted by Gasteiger charge is -2.07. The molecule has 19 heavy (non-hydrogen) atoms. The molecular weight excluding hydrogens is 264 g/mol. The van der Waals surface area contributed by atoms with E-state index >= 15 is 0 Å². The van der Waals surface area contributed by atoms with Crippen LogP contribution in [0.15, 0.2) is 36.7 Å². The fourth-order valence-electron chi connectivity index (χ4n) is 2.01. The first-order valence-electron chi connectivity index (χ1n) is 5.90. The fraction of sp³-hybridized carbons (Fsp3) is 0.214. The zero-order valence-electron chi connectivity index (χ0n) is 10.1. The zero-order valence-corrected chi connectivity index (χ0v) is 10.9. The molecule has 1 aliphatic carbocycles. The van der Waals surface area contributed by atoms with E-state index in [1.54, 1.807) is 24.5 Å². The Balaban J connectivity index is 0.00000133. The maximum absolute atomic E-state index is 11.3. The summed E-state index contributed by atoms with van der Waals surface area (Å²) in [7, 11) is 0.